The van der Waals surface area contributed by atoms with Crippen LogP contribution in [0.1, 0.15) is 53.7 Å². The van der Waals surface area contributed by atoms with Gasteiger partial charge in [-0.15, -0.1) is 0 Å². The summed E-state index contributed by atoms with van der Waals surface area (Å²) in [5.74, 6) is -0.678. The van der Waals surface area contributed by atoms with Crippen molar-refractivity contribution < 1.29 is 14.3 Å². The number of nitrogens with two attached hydrogens (primary N) is 1. The van der Waals surface area contributed by atoms with Crippen molar-refractivity contribution in [1.82, 2.24) is 4.57 Å². The number of nitrogen functional groups attached to an aromatic ring is 1. The SMILES string of the molecule is COC(=O)c1c(N)c(C#N)cn1-c1cc(C)ccc1NC(=O)C1CCCCC1. The van der Waals surface area contributed by atoms with Gasteiger partial charge in [-0.1, -0.05) is 25.3 Å². The van der Waals surface area contributed by atoms with Gasteiger partial charge in [0, 0.05) is 12.1 Å². The van der Waals surface area contributed by atoms with E-state index in [9.17, 15) is 14.9 Å². The molecule has 1 aliphatic rings. The first-order chi connectivity index (χ1) is 13.5. The van der Waals surface area contributed by atoms with Crippen LogP contribution in [0.5, 0.6) is 0 Å². The highest BCUT2D eigenvalue weighted by molar-refractivity contribution is 5.98. The Kier molecular flexibility index (Phi) is 5.69. The molecular weight excluding hydrogens is 356 g/mol. The lowest BCUT2D eigenvalue weighted by molar-refractivity contribution is -0.120. The number of nitriles is 1. The maximum absolute atomic E-state index is 12.8. The van der Waals surface area contributed by atoms with E-state index in [-0.39, 0.29) is 28.8 Å². The zero-order valence-electron chi connectivity index (χ0n) is 16.1. The summed E-state index contributed by atoms with van der Waals surface area (Å²) >= 11 is 0. The van der Waals surface area contributed by atoms with E-state index in [0.717, 1.165) is 31.2 Å². The highest BCUT2D eigenvalue weighted by Gasteiger charge is 2.25. The molecule has 146 valence electrons. The molecule has 1 saturated carbocycles. The highest BCUT2D eigenvalue weighted by atomic mass is 16.5. The number of hydrogen-bond donors (Lipinski definition) is 2. The van der Waals surface area contributed by atoms with Crippen molar-refractivity contribution in [1.29, 1.82) is 5.26 Å². The van der Waals surface area contributed by atoms with E-state index in [2.05, 4.69) is 5.32 Å². The quantitative estimate of drug-likeness (QED) is 0.788. The number of carbonyl (C=O) groups is 2. The fraction of sp³-hybridized carbons (Fsp3) is 0.381. The van der Waals surface area contributed by atoms with Crippen molar-refractivity contribution >= 4 is 23.3 Å². The molecule has 28 heavy (non-hydrogen) atoms. The fourth-order valence-electron chi connectivity index (χ4n) is 3.65. The molecule has 1 aromatic heterocycles. The Labute approximate surface area is 164 Å². The van der Waals surface area contributed by atoms with E-state index < -0.39 is 5.97 Å². The van der Waals surface area contributed by atoms with Gasteiger partial charge in [0.05, 0.1) is 29.7 Å². The molecule has 1 amide bonds. The third-order valence-corrected chi connectivity index (χ3v) is 5.19. The van der Waals surface area contributed by atoms with Crippen LogP contribution in [0.4, 0.5) is 11.4 Å². The molecule has 0 radical (unpaired) electrons. The van der Waals surface area contributed by atoms with Gasteiger partial charge >= 0.3 is 5.97 Å². The molecule has 0 spiro atoms. The van der Waals surface area contributed by atoms with Gasteiger partial charge in [-0.3, -0.25) is 4.79 Å². The zero-order chi connectivity index (χ0) is 20.3. The van der Waals surface area contributed by atoms with E-state index in [1.54, 1.807) is 6.07 Å². The first-order valence-corrected chi connectivity index (χ1v) is 9.37. The van der Waals surface area contributed by atoms with Crippen molar-refractivity contribution in [3.05, 3.63) is 41.2 Å². The Morgan fingerprint density at radius 3 is 2.64 bits per heavy atom. The van der Waals surface area contributed by atoms with Crippen molar-refractivity contribution in [2.75, 3.05) is 18.2 Å². The number of benzene rings is 1. The van der Waals surface area contributed by atoms with Crippen LogP contribution in [0.3, 0.4) is 0 Å². The van der Waals surface area contributed by atoms with Gasteiger partial charge in [0.1, 0.15) is 6.07 Å². The number of nitrogens with zero attached hydrogens (tertiary/aromatic N) is 2. The number of methoxy groups -OCH3 is 1. The number of aromatic nitrogens is 1. The van der Waals surface area contributed by atoms with Gasteiger partial charge in [0.15, 0.2) is 5.69 Å². The summed E-state index contributed by atoms with van der Waals surface area (Å²) in [5, 5.41) is 12.3. The number of aryl methyl sites for hydroxylation is 1. The van der Waals surface area contributed by atoms with Crippen LogP contribution in [0.25, 0.3) is 5.69 Å². The molecule has 1 aromatic carbocycles. The van der Waals surface area contributed by atoms with Crippen molar-refractivity contribution in [3.63, 3.8) is 0 Å². The van der Waals surface area contributed by atoms with E-state index in [4.69, 9.17) is 10.5 Å². The van der Waals surface area contributed by atoms with Crippen LogP contribution >= 0.6 is 0 Å². The summed E-state index contributed by atoms with van der Waals surface area (Å²) in [4.78, 5) is 25.1. The smallest absolute Gasteiger partial charge is 0.357 e. The van der Waals surface area contributed by atoms with Gasteiger partial charge in [-0.2, -0.15) is 5.26 Å². The molecule has 3 N–H and O–H groups in total. The van der Waals surface area contributed by atoms with Gasteiger partial charge < -0.3 is 20.4 Å². The summed E-state index contributed by atoms with van der Waals surface area (Å²) < 4.78 is 6.36. The summed E-state index contributed by atoms with van der Waals surface area (Å²) in [6.45, 7) is 1.91. The van der Waals surface area contributed by atoms with Crippen LogP contribution in [-0.2, 0) is 9.53 Å². The van der Waals surface area contributed by atoms with Crippen LogP contribution in [0.2, 0.25) is 0 Å². The molecule has 1 fully saturated rings. The predicted molar refractivity (Wildman–Crippen MR) is 106 cm³/mol. The third-order valence-electron chi connectivity index (χ3n) is 5.19. The number of amides is 1. The number of hydrogen-bond acceptors (Lipinski definition) is 5. The van der Waals surface area contributed by atoms with Gasteiger partial charge in [0.25, 0.3) is 0 Å². The first-order valence-electron chi connectivity index (χ1n) is 9.37. The minimum Gasteiger partial charge on any atom is -0.464 e. The number of anilines is 2. The number of carbonyl (C=O) groups excluding carboxylic acids is 2. The summed E-state index contributed by atoms with van der Waals surface area (Å²) in [6, 6.07) is 7.51. The van der Waals surface area contributed by atoms with E-state index in [1.807, 2.05) is 25.1 Å². The normalized spacial score (nSPS) is 14.3. The maximum atomic E-state index is 12.8. The van der Waals surface area contributed by atoms with Gasteiger partial charge in [-0.05, 0) is 37.5 Å². The molecule has 0 atom stereocenters. The number of esters is 1. The highest BCUT2D eigenvalue weighted by Crippen LogP contribution is 2.31. The average molecular weight is 380 g/mol. The Hall–Kier alpha value is -3.27. The van der Waals surface area contributed by atoms with Crippen LogP contribution < -0.4 is 11.1 Å². The second-order valence-corrected chi connectivity index (χ2v) is 7.12. The number of rotatable bonds is 4. The second kappa shape index (κ2) is 8.17. The lowest BCUT2D eigenvalue weighted by Crippen LogP contribution is -2.25. The van der Waals surface area contributed by atoms with E-state index in [0.29, 0.717) is 11.4 Å². The number of ether oxygens (including phenoxy) is 1. The molecule has 0 bridgehead atoms. The molecule has 1 aliphatic carbocycles. The Bertz CT molecular complexity index is 949. The first kappa shape index (κ1) is 19.5. The monoisotopic (exact) mass is 380 g/mol. The lowest BCUT2D eigenvalue weighted by Gasteiger charge is -2.22. The fourth-order valence-corrected chi connectivity index (χ4v) is 3.65. The minimum absolute atomic E-state index is 0.00705. The van der Waals surface area contributed by atoms with Crippen molar-refractivity contribution in [2.45, 2.75) is 39.0 Å². The molecule has 0 unspecified atom stereocenters. The Balaban J connectivity index is 2.05. The van der Waals surface area contributed by atoms with Crippen molar-refractivity contribution in [2.24, 2.45) is 5.92 Å². The van der Waals surface area contributed by atoms with E-state index >= 15 is 0 Å². The maximum Gasteiger partial charge on any atom is 0.357 e. The Morgan fingerprint density at radius 2 is 2.00 bits per heavy atom. The van der Waals surface area contributed by atoms with Gasteiger partial charge in [0.2, 0.25) is 5.91 Å². The average Bonchev–Trinajstić information content (AvgIpc) is 3.05. The molecule has 0 saturated heterocycles. The largest absolute Gasteiger partial charge is 0.464 e. The van der Waals surface area contributed by atoms with Crippen LogP contribution in [0.15, 0.2) is 24.4 Å². The molecule has 7 heteroatoms. The summed E-state index contributed by atoms with van der Waals surface area (Å²) in [7, 11) is 1.26. The number of nitrogens with one attached hydrogen (secondary N) is 1. The Morgan fingerprint density at radius 1 is 1.29 bits per heavy atom. The lowest BCUT2D eigenvalue weighted by atomic mass is 9.88. The molecular formula is C21H24N4O3. The van der Waals surface area contributed by atoms with Crippen LogP contribution in [-0.4, -0.2) is 23.6 Å². The second-order valence-electron chi connectivity index (χ2n) is 7.12. The third kappa shape index (κ3) is 3.72. The molecule has 0 aliphatic heterocycles. The summed E-state index contributed by atoms with van der Waals surface area (Å²) in [6.07, 6.45) is 6.55. The topological polar surface area (TPSA) is 110 Å². The molecule has 3 rings (SSSR count). The van der Waals surface area contributed by atoms with E-state index in [1.165, 1.54) is 24.3 Å². The summed E-state index contributed by atoms with van der Waals surface area (Å²) in [5.41, 5.74) is 8.36. The molecule has 1 heterocycles. The van der Waals surface area contributed by atoms with Gasteiger partial charge in [-0.25, -0.2) is 4.79 Å². The minimum atomic E-state index is -0.648. The van der Waals surface area contributed by atoms with Crippen molar-refractivity contribution in [3.8, 4) is 11.8 Å². The predicted octanol–water partition coefficient (Wildman–Crippen LogP) is 3.55. The molecule has 2 aromatic rings. The van der Waals surface area contributed by atoms with Crippen LogP contribution in [0, 0.1) is 24.2 Å². The standard InChI is InChI=1S/C21H24N4O3/c1-13-8-9-16(24-20(26)14-6-4-3-5-7-14)17(10-13)25-12-15(11-22)18(23)19(25)21(27)28-2/h8-10,12,14H,3-7,23H2,1-2H3,(H,24,26). The molecule has 7 nitrogen and oxygen atoms in total. The zero-order valence-corrected chi connectivity index (χ0v) is 16.1.